The summed E-state index contributed by atoms with van der Waals surface area (Å²) in [5, 5.41) is 9.58. The predicted molar refractivity (Wildman–Crippen MR) is 60.1 cm³/mol. The van der Waals surface area contributed by atoms with Crippen molar-refractivity contribution >= 4 is 23.4 Å². The zero-order valence-corrected chi connectivity index (χ0v) is 10.1. The summed E-state index contributed by atoms with van der Waals surface area (Å²) in [5.74, 6) is 0.411. The fraction of sp³-hybridized carbons (Fsp3) is 0.556. The number of esters is 1. The predicted octanol–water partition coefficient (Wildman–Crippen LogP) is 1.57. The summed E-state index contributed by atoms with van der Waals surface area (Å²) in [5.41, 5.74) is 0.195. The maximum atomic E-state index is 11.6. The van der Waals surface area contributed by atoms with Gasteiger partial charge in [0.25, 0.3) is 0 Å². The van der Waals surface area contributed by atoms with Crippen molar-refractivity contribution < 1.29 is 9.53 Å². The van der Waals surface area contributed by atoms with Gasteiger partial charge in [-0.3, -0.25) is 9.58 Å². The van der Waals surface area contributed by atoms with E-state index in [0.717, 1.165) is 0 Å². The standard InChI is InChI=1S/C9H12ClN5O2/c1-2-17-9(16)7-8-12-13-15(4-3-10)6-14(8)5-11-7/h5H,2-4,6H2,1H3. The van der Waals surface area contributed by atoms with E-state index in [2.05, 4.69) is 15.3 Å². The highest BCUT2D eigenvalue weighted by Crippen LogP contribution is 2.24. The van der Waals surface area contributed by atoms with Gasteiger partial charge in [-0.15, -0.1) is 16.7 Å². The first-order chi connectivity index (χ1) is 8.26. The first-order valence-electron chi connectivity index (χ1n) is 5.21. The molecule has 1 aliphatic rings. The van der Waals surface area contributed by atoms with E-state index in [9.17, 15) is 4.79 Å². The van der Waals surface area contributed by atoms with Gasteiger partial charge >= 0.3 is 5.97 Å². The number of carbonyl (C=O) groups excluding carboxylic acids is 1. The SMILES string of the molecule is CCOC(=O)c1ncn2c1N=NN(CCCl)C2. The third-order valence-electron chi connectivity index (χ3n) is 2.20. The molecule has 0 unspecified atom stereocenters. The molecule has 0 amide bonds. The van der Waals surface area contributed by atoms with Crippen molar-refractivity contribution in [3.63, 3.8) is 0 Å². The minimum Gasteiger partial charge on any atom is -0.461 e. The van der Waals surface area contributed by atoms with Crippen LogP contribution in [0.5, 0.6) is 0 Å². The van der Waals surface area contributed by atoms with E-state index in [1.807, 2.05) is 0 Å². The van der Waals surface area contributed by atoms with E-state index in [1.54, 1.807) is 22.8 Å². The molecule has 1 aromatic heterocycles. The molecule has 92 valence electrons. The van der Waals surface area contributed by atoms with E-state index in [-0.39, 0.29) is 5.69 Å². The van der Waals surface area contributed by atoms with Crippen LogP contribution >= 0.6 is 11.6 Å². The molecule has 0 N–H and O–H groups in total. The van der Waals surface area contributed by atoms with Crippen molar-refractivity contribution in [1.29, 1.82) is 0 Å². The fourth-order valence-electron chi connectivity index (χ4n) is 1.45. The fourth-order valence-corrected chi connectivity index (χ4v) is 1.65. The van der Waals surface area contributed by atoms with Gasteiger partial charge in [-0.1, -0.05) is 5.22 Å². The molecule has 2 rings (SSSR count). The highest BCUT2D eigenvalue weighted by atomic mass is 35.5. The van der Waals surface area contributed by atoms with Crippen LogP contribution in [0.15, 0.2) is 16.7 Å². The van der Waals surface area contributed by atoms with Gasteiger partial charge in [-0.2, -0.15) is 0 Å². The van der Waals surface area contributed by atoms with Gasteiger partial charge in [0.15, 0.2) is 11.5 Å². The lowest BCUT2D eigenvalue weighted by molar-refractivity contribution is 0.0520. The van der Waals surface area contributed by atoms with E-state index in [1.165, 1.54) is 0 Å². The molecule has 0 fully saturated rings. The van der Waals surface area contributed by atoms with Gasteiger partial charge in [-0.05, 0) is 6.92 Å². The van der Waals surface area contributed by atoms with Crippen molar-refractivity contribution in [1.82, 2.24) is 14.6 Å². The quantitative estimate of drug-likeness (QED) is 0.606. The van der Waals surface area contributed by atoms with Crippen molar-refractivity contribution in [2.45, 2.75) is 13.6 Å². The summed E-state index contributed by atoms with van der Waals surface area (Å²) in [4.78, 5) is 15.5. The number of hydrogen-bond donors (Lipinski definition) is 0. The summed E-state index contributed by atoms with van der Waals surface area (Å²) < 4.78 is 6.60. The molecule has 0 saturated heterocycles. The van der Waals surface area contributed by atoms with Crippen LogP contribution in [0.3, 0.4) is 0 Å². The molecule has 17 heavy (non-hydrogen) atoms. The largest absolute Gasteiger partial charge is 0.461 e. The van der Waals surface area contributed by atoms with Crippen LogP contribution in [0.25, 0.3) is 0 Å². The van der Waals surface area contributed by atoms with E-state index < -0.39 is 5.97 Å². The summed E-state index contributed by atoms with van der Waals surface area (Å²) in [6, 6.07) is 0. The average molecular weight is 258 g/mol. The zero-order chi connectivity index (χ0) is 12.3. The molecule has 0 atom stereocenters. The Morgan fingerprint density at radius 2 is 2.47 bits per heavy atom. The molecule has 0 bridgehead atoms. The molecule has 7 nitrogen and oxygen atoms in total. The van der Waals surface area contributed by atoms with Gasteiger partial charge < -0.3 is 4.74 Å². The van der Waals surface area contributed by atoms with Gasteiger partial charge in [0.1, 0.15) is 6.67 Å². The number of aromatic nitrogens is 2. The zero-order valence-electron chi connectivity index (χ0n) is 9.34. The van der Waals surface area contributed by atoms with Crippen molar-refractivity contribution in [2.24, 2.45) is 10.3 Å². The molecule has 1 aliphatic heterocycles. The number of halogens is 1. The number of rotatable bonds is 4. The number of carbonyl (C=O) groups is 1. The van der Waals surface area contributed by atoms with Crippen molar-refractivity contribution in [3.05, 3.63) is 12.0 Å². The normalized spacial score (nSPS) is 13.6. The molecule has 0 spiro atoms. The molecule has 1 aromatic rings. The monoisotopic (exact) mass is 257 g/mol. The van der Waals surface area contributed by atoms with Crippen LogP contribution in [0, 0.1) is 0 Å². The third-order valence-corrected chi connectivity index (χ3v) is 2.37. The summed E-state index contributed by atoms with van der Waals surface area (Å²) in [6.07, 6.45) is 1.54. The second kappa shape index (κ2) is 5.13. The lowest BCUT2D eigenvalue weighted by Gasteiger charge is -2.20. The first-order valence-corrected chi connectivity index (χ1v) is 5.74. The van der Waals surface area contributed by atoms with Crippen LogP contribution in [-0.4, -0.2) is 39.6 Å². The summed E-state index contributed by atoms with van der Waals surface area (Å²) in [6.45, 7) is 3.13. The van der Waals surface area contributed by atoms with Crippen molar-refractivity contribution in [3.8, 4) is 0 Å². The molecule has 0 aromatic carbocycles. The first kappa shape index (κ1) is 11.8. The Morgan fingerprint density at radius 3 is 3.18 bits per heavy atom. The number of nitrogens with zero attached hydrogens (tertiary/aromatic N) is 5. The molecule has 0 saturated carbocycles. The van der Waals surface area contributed by atoms with Crippen LogP contribution in [0.2, 0.25) is 0 Å². The van der Waals surface area contributed by atoms with Crippen LogP contribution < -0.4 is 0 Å². The molecular weight excluding hydrogens is 246 g/mol. The Hall–Kier alpha value is -1.63. The minimum atomic E-state index is -0.481. The topological polar surface area (TPSA) is 72.1 Å². The Morgan fingerprint density at radius 1 is 1.65 bits per heavy atom. The molecule has 0 aliphatic carbocycles. The second-order valence-electron chi connectivity index (χ2n) is 3.36. The number of fused-ring (bicyclic) bond motifs is 1. The minimum absolute atomic E-state index is 0.195. The van der Waals surface area contributed by atoms with Gasteiger partial charge in [-0.25, -0.2) is 9.78 Å². The highest BCUT2D eigenvalue weighted by Gasteiger charge is 2.22. The summed E-state index contributed by atoms with van der Waals surface area (Å²) >= 11 is 5.62. The Labute approximate surface area is 103 Å². The average Bonchev–Trinajstić information content (AvgIpc) is 2.73. The Kier molecular flexibility index (Phi) is 3.58. The smallest absolute Gasteiger partial charge is 0.360 e. The van der Waals surface area contributed by atoms with Gasteiger partial charge in [0.05, 0.1) is 19.5 Å². The number of ether oxygens (including phenoxy) is 1. The lowest BCUT2D eigenvalue weighted by atomic mass is 10.4. The Balaban J connectivity index is 2.18. The Bertz CT molecular complexity index is 445. The maximum Gasteiger partial charge on any atom is 0.360 e. The van der Waals surface area contributed by atoms with Crippen LogP contribution in [-0.2, 0) is 11.4 Å². The van der Waals surface area contributed by atoms with Crippen LogP contribution in [0.1, 0.15) is 17.4 Å². The van der Waals surface area contributed by atoms with E-state index >= 15 is 0 Å². The number of alkyl halides is 1. The molecular formula is C9H12ClN5O2. The van der Waals surface area contributed by atoms with Gasteiger partial charge in [0.2, 0.25) is 0 Å². The molecule has 8 heteroatoms. The maximum absolute atomic E-state index is 11.6. The van der Waals surface area contributed by atoms with Gasteiger partial charge in [0, 0.05) is 5.88 Å². The van der Waals surface area contributed by atoms with Crippen molar-refractivity contribution in [2.75, 3.05) is 19.0 Å². The summed E-state index contributed by atoms with van der Waals surface area (Å²) in [7, 11) is 0. The lowest BCUT2D eigenvalue weighted by Crippen LogP contribution is -2.24. The van der Waals surface area contributed by atoms with E-state index in [4.69, 9.17) is 16.3 Å². The molecule has 2 heterocycles. The molecule has 0 radical (unpaired) electrons. The second-order valence-corrected chi connectivity index (χ2v) is 3.73. The van der Waals surface area contributed by atoms with Crippen LogP contribution in [0.4, 0.5) is 5.82 Å². The van der Waals surface area contributed by atoms with E-state index in [0.29, 0.717) is 31.5 Å². The highest BCUT2D eigenvalue weighted by molar-refractivity contribution is 6.18. The third kappa shape index (κ3) is 2.38. The number of imidazole rings is 1. The number of hydrogen-bond acceptors (Lipinski definition) is 6.